The molecule has 59 heavy (non-hydrogen) atoms. The molecule has 0 aliphatic carbocycles. The molecule has 12 aromatic rings. The average molecular weight is 753 g/mol. The summed E-state index contributed by atoms with van der Waals surface area (Å²) >= 11 is 0. The van der Waals surface area contributed by atoms with E-state index in [-0.39, 0.29) is 0 Å². The molecule has 3 heteroatoms. The highest BCUT2D eigenvalue weighted by Gasteiger charge is 2.21. The lowest BCUT2D eigenvalue weighted by Gasteiger charge is -2.27. The van der Waals surface area contributed by atoms with Gasteiger partial charge in [0.15, 0.2) is 0 Å². The van der Waals surface area contributed by atoms with Gasteiger partial charge >= 0.3 is 0 Å². The Labute approximate surface area is 341 Å². The van der Waals surface area contributed by atoms with Crippen LogP contribution in [0, 0.1) is 0 Å². The molecular formula is C56H36N2O. The number of hydrogen-bond donors (Lipinski definition) is 0. The molecule has 2 heterocycles. The van der Waals surface area contributed by atoms with Crippen molar-refractivity contribution in [3.8, 4) is 27.9 Å². The standard InChI is InChI=1S/C56H36N2O/c1-3-14-37(15-4-1)45-35-34-44(55-50-21-10-12-25-54(50)59-56(45)55)39-26-29-41(30-27-39)57(51-24-13-22-46-43-19-8-7-16-38(43)28-32-48(46)51)42-31-33-49-47-20-9-11-23-52(47)58(53(49)36-42)40-17-5-2-6-18-40/h1-36H. The fraction of sp³-hybridized carbons (Fsp3) is 0. The van der Waals surface area contributed by atoms with E-state index in [2.05, 4.69) is 222 Å². The van der Waals surface area contributed by atoms with Gasteiger partial charge < -0.3 is 13.9 Å². The van der Waals surface area contributed by atoms with Crippen LogP contribution in [0.5, 0.6) is 0 Å². The van der Waals surface area contributed by atoms with Crippen molar-refractivity contribution in [1.82, 2.24) is 4.57 Å². The zero-order chi connectivity index (χ0) is 38.9. The van der Waals surface area contributed by atoms with E-state index < -0.39 is 0 Å². The van der Waals surface area contributed by atoms with Crippen LogP contribution in [0.1, 0.15) is 0 Å². The highest BCUT2D eigenvalue weighted by molar-refractivity contribution is 6.17. The van der Waals surface area contributed by atoms with Gasteiger partial charge in [-0.1, -0.05) is 158 Å². The molecular weight excluding hydrogens is 717 g/mol. The first-order chi connectivity index (χ1) is 29.3. The number of furan rings is 1. The summed E-state index contributed by atoms with van der Waals surface area (Å²) in [7, 11) is 0. The Bertz CT molecular complexity index is 3540. The maximum absolute atomic E-state index is 6.64. The number of nitrogens with zero attached hydrogens (tertiary/aromatic N) is 2. The lowest BCUT2D eigenvalue weighted by Crippen LogP contribution is -2.10. The fourth-order valence-electron chi connectivity index (χ4n) is 9.30. The van der Waals surface area contributed by atoms with E-state index in [1.807, 2.05) is 6.07 Å². The Morgan fingerprint density at radius 1 is 0.373 bits per heavy atom. The quantitative estimate of drug-likeness (QED) is 0.158. The van der Waals surface area contributed by atoms with Gasteiger partial charge in [0.2, 0.25) is 0 Å². The van der Waals surface area contributed by atoms with E-state index >= 15 is 0 Å². The summed E-state index contributed by atoms with van der Waals surface area (Å²) in [5, 5.41) is 9.62. The van der Waals surface area contributed by atoms with Gasteiger partial charge in [0.25, 0.3) is 0 Å². The van der Waals surface area contributed by atoms with Crippen LogP contribution in [0.3, 0.4) is 0 Å². The zero-order valence-corrected chi connectivity index (χ0v) is 32.1. The van der Waals surface area contributed by atoms with Gasteiger partial charge in [-0.15, -0.1) is 0 Å². The van der Waals surface area contributed by atoms with E-state index in [9.17, 15) is 0 Å². The van der Waals surface area contributed by atoms with Gasteiger partial charge in [-0.3, -0.25) is 0 Å². The Balaban J connectivity index is 1.08. The van der Waals surface area contributed by atoms with Crippen LogP contribution in [0.2, 0.25) is 0 Å². The molecule has 0 spiro atoms. The predicted octanol–water partition coefficient (Wildman–Crippen LogP) is 15.8. The van der Waals surface area contributed by atoms with Crippen LogP contribution in [-0.4, -0.2) is 4.57 Å². The van der Waals surface area contributed by atoms with Crippen LogP contribution in [-0.2, 0) is 0 Å². The lowest BCUT2D eigenvalue weighted by molar-refractivity contribution is 0.670. The number of para-hydroxylation sites is 3. The number of aromatic nitrogens is 1. The number of hydrogen-bond acceptors (Lipinski definition) is 2. The highest BCUT2D eigenvalue weighted by atomic mass is 16.3. The van der Waals surface area contributed by atoms with Gasteiger partial charge in [0, 0.05) is 49.6 Å². The van der Waals surface area contributed by atoms with Gasteiger partial charge in [-0.2, -0.15) is 0 Å². The third-order valence-electron chi connectivity index (χ3n) is 12.0. The normalized spacial score (nSPS) is 11.7. The maximum atomic E-state index is 6.64. The Morgan fingerprint density at radius 3 is 1.85 bits per heavy atom. The molecule has 0 saturated heterocycles. The SMILES string of the molecule is c1ccc(-c2ccc(-c3ccc(N(c4ccc5c6ccccc6n(-c6ccccc6)c5c4)c4cccc5c4ccc4ccccc45)cc3)c3c2oc2ccccc23)cc1. The summed E-state index contributed by atoms with van der Waals surface area (Å²) in [6.45, 7) is 0. The van der Waals surface area contributed by atoms with Crippen molar-refractivity contribution in [2.75, 3.05) is 4.90 Å². The Hall–Kier alpha value is -7.88. The van der Waals surface area contributed by atoms with E-state index in [4.69, 9.17) is 4.42 Å². The largest absolute Gasteiger partial charge is 0.455 e. The van der Waals surface area contributed by atoms with Gasteiger partial charge in [-0.05, 0) is 93.5 Å². The smallest absolute Gasteiger partial charge is 0.143 e. The first kappa shape index (κ1) is 33.3. The second-order valence-electron chi connectivity index (χ2n) is 15.3. The molecule has 0 atom stereocenters. The molecule has 10 aromatic carbocycles. The summed E-state index contributed by atoms with van der Waals surface area (Å²) in [5.41, 5.74) is 13.1. The summed E-state index contributed by atoms with van der Waals surface area (Å²) < 4.78 is 9.03. The van der Waals surface area contributed by atoms with Crippen LogP contribution in [0.25, 0.3) is 93.2 Å². The highest BCUT2D eigenvalue weighted by Crippen LogP contribution is 2.45. The molecule has 0 aliphatic rings. The van der Waals surface area contributed by atoms with Crippen molar-refractivity contribution in [1.29, 1.82) is 0 Å². The third-order valence-corrected chi connectivity index (χ3v) is 12.0. The fourth-order valence-corrected chi connectivity index (χ4v) is 9.30. The van der Waals surface area contributed by atoms with Gasteiger partial charge in [0.1, 0.15) is 11.2 Å². The molecule has 0 aliphatic heterocycles. The number of rotatable bonds is 6. The zero-order valence-electron chi connectivity index (χ0n) is 32.1. The van der Waals surface area contributed by atoms with Gasteiger partial charge in [0.05, 0.1) is 16.7 Å². The average Bonchev–Trinajstić information content (AvgIpc) is 3.86. The monoisotopic (exact) mass is 752 g/mol. The third kappa shape index (κ3) is 5.29. The summed E-state index contributed by atoms with van der Waals surface area (Å²) in [4.78, 5) is 2.43. The van der Waals surface area contributed by atoms with Crippen LogP contribution in [0.4, 0.5) is 17.1 Å². The number of fused-ring (bicyclic) bond motifs is 9. The van der Waals surface area contributed by atoms with Gasteiger partial charge in [-0.25, -0.2) is 0 Å². The van der Waals surface area contributed by atoms with Crippen LogP contribution >= 0.6 is 0 Å². The first-order valence-corrected chi connectivity index (χ1v) is 20.2. The van der Waals surface area contributed by atoms with E-state index in [0.717, 1.165) is 72.5 Å². The van der Waals surface area contributed by atoms with E-state index in [0.29, 0.717) is 0 Å². The van der Waals surface area contributed by atoms with Crippen molar-refractivity contribution in [2.24, 2.45) is 0 Å². The predicted molar refractivity (Wildman–Crippen MR) is 249 cm³/mol. The molecule has 2 aromatic heterocycles. The summed E-state index contributed by atoms with van der Waals surface area (Å²) in [6, 6.07) is 78.7. The molecule has 0 saturated carbocycles. The van der Waals surface area contributed by atoms with Crippen molar-refractivity contribution in [3.63, 3.8) is 0 Å². The molecule has 0 amide bonds. The van der Waals surface area contributed by atoms with Crippen molar-refractivity contribution in [2.45, 2.75) is 0 Å². The molecule has 0 radical (unpaired) electrons. The molecule has 3 nitrogen and oxygen atoms in total. The van der Waals surface area contributed by atoms with Crippen molar-refractivity contribution in [3.05, 3.63) is 218 Å². The van der Waals surface area contributed by atoms with Crippen LogP contribution < -0.4 is 4.90 Å². The van der Waals surface area contributed by atoms with Crippen molar-refractivity contribution < 1.29 is 4.42 Å². The summed E-state index contributed by atoms with van der Waals surface area (Å²) in [6.07, 6.45) is 0. The number of benzene rings is 10. The van der Waals surface area contributed by atoms with Crippen LogP contribution in [0.15, 0.2) is 223 Å². The Kier molecular flexibility index (Phi) is 7.54. The molecule has 12 rings (SSSR count). The second-order valence-corrected chi connectivity index (χ2v) is 15.3. The maximum Gasteiger partial charge on any atom is 0.143 e. The minimum Gasteiger partial charge on any atom is -0.455 e. The molecule has 276 valence electrons. The second kappa shape index (κ2) is 13.4. The minimum absolute atomic E-state index is 0.890. The number of anilines is 3. The molecule has 0 N–H and O–H groups in total. The molecule has 0 bridgehead atoms. The first-order valence-electron chi connectivity index (χ1n) is 20.2. The summed E-state index contributed by atoms with van der Waals surface area (Å²) in [5.74, 6) is 0. The topological polar surface area (TPSA) is 21.3 Å². The molecule has 0 fully saturated rings. The van der Waals surface area contributed by atoms with Crippen molar-refractivity contribution >= 4 is 82.4 Å². The molecule has 0 unspecified atom stereocenters. The minimum atomic E-state index is 0.890. The lowest BCUT2D eigenvalue weighted by atomic mass is 9.94. The van der Waals surface area contributed by atoms with E-state index in [1.165, 1.54) is 37.8 Å². The van der Waals surface area contributed by atoms with E-state index in [1.54, 1.807) is 0 Å². The Morgan fingerprint density at radius 2 is 1.00 bits per heavy atom.